The van der Waals surface area contributed by atoms with Gasteiger partial charge in [-0.25, -0.2) is 0 Å². The minimum atomic E-state index is -0.324. The standard InChI is InChI=1S/C15H22O3/c1-2-11-17-12-7-9-13(10-8-12)18-15-6-4-3-5-14(15)16/h7-10,14-16H,2-6,11H2,1H3/t14-,15-/m0/s1. The molecule has 0 radical (unpaired) electrons. The van der Waals surface area contributed by atoms with Gasteiger partial charge < -0.3 is 14.6 Å². The third kappa shape index (κ3) is 3.64. The predicted molar refractivity (Wildman–Crippen MR) is 71.1 cm³/mol. The summed E-state index contributed by atoms with van der Waals surface area (Å²) in [7, 11) is 0. The lowest BCUT2D eigenvalue weighted by molar-refractivity contribution is 0.00685. The first-order valence-electron chi connectivity index (χ1n) is 6.87. The molecule has 1 aromatic rings. The van der Waals surface area contributed by atoms with Gasteiger partial charge in [-0.1, -0.05) is 13.3 Å². The highest BCUT2D eigenvalue weighted by molar-refractivity contribution is 5.31. The van der Waals surface area contributed by atoms with Crippen LogP contribution in [0.15, 0.2) is 24.3 Å². The van der Waals surface area contributed by atoms with Gasteiger partial charge in [0.1, 0.15) is 17.6 Å². The van der Waals surface area contributed by atoms with Gasteiger partial charge in [-0.3, -0.25) is 0 Å². The maximum absolute atomic E-state index is 9.85. The zero-order chi connectivity index (χ0) is 12.8. The van der Waals surface area contributed by atoms with E-state index in [0.29, 0.717) is 0 Å². The van der Waals surface area contributed by atoms with Crippen LogP contribution in [-0.4, -0.2) is 23.9 Å². The summed E-state index contributed by atoms with van der Waals surface area (Å²) in [6.45, 7) is 2.82. The Labute approximate surface area is 109 Å². The molecule has 2 atom stereocenters. The smallest absolute Gasteiger partial charge is 0.124 e. The summed E-state index contributed by atoms with van der Waals surface area (Å²) >= 11 is 0. The summed E-state index contributed by atoms with van der Waals surface area (Å²) in [4.78, 5) is 0. The fourth-order valence-electron chi connectivity index (χ4n) is 2.22. The van der Waals surface area contributed by atoms with E-state index in [4.69, 9.17) is 9.47 Å². The molecule has 0 aromatic heterocycles. The molecule has 0 saturated heterocycles. The first kappa shape index (κ1) is 13.2. The highest BCUT2D eigenvalue weighted by Crippen LogP contribution is 2.25. The van der Waals surface area contributed by atoms with Crippen LogP contribution in [0.4, 0.5) is 0 Å². The maximum atomic E-state index is 9.85. The number of rotatable bonds is 5. The van der Waals surface area contributed by atoms with Gasteiger partial charge >= 0.3 is 0 Å². The number of benzene rings is 1. The van der Waals surface area contributed by atoms with Crippen LogP contribution in [-0.2, 0) is 0 Å². The molecular weight excluding hydrogens is 228 g/mol. The molecule has 1 aromatic carbocycles. The second kappa shape index (κ2) is 6.64. The molecule has 1 fully saturated rings. The van der Waals surface area contributed by atoms with E-state index in [0.717, 1.165) is 50.2 Å². The van der Waals surface area contributed by atoms with Crippen molar-refractivity contribution in [2.45, 2.75) is 51.2 Å². The average Bonchev–Trinajstić information content (AvgIpc) is 2.41. The van der Waals surface area contributed by atoms with E-state index in [-0.39, 0.29) is 12.2 Å². The number of hydrogen-bond acceptors (Lipinski definition) is 3. The van der Waals surface area contributed by atoms with Crippen molar-refractivity contribution >= 4 is 0 Å². The van der Waals surface area contributed by atoms with E-state index in [9.17, 15) is 5.11 Å². The third-order valence-electron chi connectivity index (χ3n) is 3.25. The highest BCUT2D eigenvalue weighted by Gasteiger charge is 2.24. The van der Waals surface area contributed by atoms with Crippen LogP contribution < -0.4 is 9.47 Å². The Morgan fingerprint density at radius 2 is 1.78 bits per heavy atom. The molecule has 3 heteroatoms. The topological polar surface area (TPSA) is 38.7 Å². The summed E-state index contributed by atoms with van der Waals surface area (Å²) in [6.07, 6.45) is 4.66. The van der Waals surface area contributed by atoms with Crippen molar-refractivity contribution in [2.75, 3.05) is 6.61 Å². The Bertz CT molecular complexity index is 347. The molecule has 0 spiro atoms. The van der Waals surface area contributed by atoms with Crippen LogP contribution in [0.25, 0.3) is 0 Å². The molecule has 1 aliphatic rings. The van der Waals surface area contributed by atoms with Crippen LogP contribution in [0.5, 0.6) is 11.5 Å². The van der Waals surface area contributed by atoms with E-state index >= 15 is 0 Å². The molecule has 0 aliphatic heterocycles. The Hall–Kier alpha value is -1.22. The Morgan fingerprint density at radius 3 is 2.44 bits per heavy atom. The van der Waals surface area contributed by atoms with Gasteiger partial charge in [0.2, 0.25) is 0 Å². The summed E-state index contributed by atoms with van der Waals surface area (Å²) in [5.41, 5.74) is 0. The molecule has 100 valence electrons. The fraction of sp³-hybridized carbons (Fsp3) is 0.600. The summed E-state index contributed by atoms with van der Waals surface area (Å²) in [6, 6.07) is 7.65. The Balaban J connectivity index is 1.89. The molecule has 0 bridgehead atoms. The Kier molecular flexibility index (Phi) is 4.88. The number of aliphatic hydroxyl groups is 1. The van der Waals surface area contributed by atoms with Crippen LogP contribution >= 0.6 is 0 Å². The predicted octanol–water partition coefficient (Wildman–Crippen LogP) is 3.16. The first-order valence-corrected chi connectivity index (χ1v) is 6.87. The van der Waals surface area contributed by atoms with Gasteiger partial charge in [0.25, 0.3) is 0 Å². The zero-order valence-corrected chi connectivity index (χ0v) is 11.0. The van der Waals surface area contributed by atoms with Crippen LogP contribution in [0.1, 0.15) is 39.0 Å². The van der Waals surface area contributed by atoms with Gasteiger partial charge in [-0.15, -0.1) is 0 Å². The third-order valence-corrected chi connectivity index (χ3v) is 3.25. The molecule has 0 heterocycles. The van der Waals surface area contributed by atoms with Crippen LogP contribution in [0, 0.1) is 0 Å². The first-order chi connectivity index (χ1) is 8.79. The molecule has 1 aliphatic carbocycles. The molecule has 1 saturated carbocycles. The van der Waals surface area contributed by atoms with E-state index in [2.05, 4.69) is 6.92 Å². The lowest BCUT2D eigenvalue weighted by atomic mass is 9.95. The molecule has 1 N–H and O–H groups in total. The highest BCUT2D eigenvalue weighted by atomic mass is 16.5. The average molecular weight is 250 g/mol. The van der Waals surface area contributed by atoms with Crippen molar-refractivity contribution in [1.29, 1.82) is 0 Å². The van der Waals surface area contributed by atoms with Crippen LogP contribution in [0.2, 0.25) is 0 Å². The van der Waals surface area contributed by atoms with E-state index in [1.54, 1.807) is 0 Å². The van der Waals surface area contributed by atoms with Gasteiger partial charge in [0.05, 0.1) is 12.7 Å². The van der Waals surface area contributed by atoms with E-state index in [1.165, 1.54) is 0 Å². The monoisotopic (exact) mass is 250 g/mol. The molecule has 3 nitrogen and oxygen atoms in total. The second-order valence-corrected chi connectivity index (χ2v) is 4.83. The van der Waals surface area contributed by atoms with E-state index in [1.807, 2.05) is 24.3 Å². The minimum Gasteiger partial charge on any atom is -0.494 e. The molecule has 0 unspecified atom stereocenters. The lowest BCUT2D eigenvalue weighted by Gasteiger charge is -2.28. The molecule has 2 rings (SSSR count). The van der Waals surface area contributed by atoms with E-state index < -0.39 is 0 Å². The molecule has 0 amide bonds. The van der Waals surface area contributed by atoms with Gasteiger partial charge in [0, 0.05) is 0 Å². The number of hydrogen-bond donors (Lipinski definition) is 1. The largest absolute Gasteiger partial charge is 0.494 e. The molecular formula is C15H22O3. The maximum Gasteiger partial charge on any atom is 0.124 e. The summed E-state index contributed by atoms with van der Waals surface area (Å²) < 4.78 is 11.3. The van der Waals surface area contributed by atoms with Crippen LogP contribution in [0.3, 0.4) is 0 Å². The van der Waals surface area contributed by atoms with Gasteiger partial charge in [0.15, 0.2) is 0 Å². The van der Waals surface area contributed by atoms with Crippen molar-refractivity contribution in [3.05, 3.63) is 24.3 Å². The van der Waals surface area contributed by atoms with Crippen molar-refractivity contribution in [2.24, 2.45) is 0 Å². The number of ether oxygens (including phenoxy) is 2. The minimum absolute atomic E-state index is 0.0545. The molecule has 18 heavy (non-hydrogen) atoms. The quantitative estimate of drug-likeness (QED) is 0.872. The Morgan fingerprint density at radius 1 is 1.11 bits per heavy atom. The fourth-order valence-corrected chi connectivity index (χ4v) is 2.22. The van der Waals surface area contributed by atoms with Crippen molar-refractivity contribution in [1.82, 2.24) is 0 Å². The van der Waals surface area contributed by atoms with Gasteiger partial charge in [-0.05, 0) is 49.9 Å². The van der Waals surface area contributed by atoms with Crippen molar-refractivity contribution in [3.63, 3.8) is 0 Å². The normalized spacial score (nSPS) is 23.7. The number of aliphatic hydroxyl groups excluding tert-OH is 1. The van der Waals surface area contributed by atoms with Crippen molar-refractivity contribution in [3.8, 4) is 11.5 Å². The zero-order valence-electron chi connectivity index (χ0n) is 11.0. The lowest BCUT2D eigenvalue weighted by Crippen LogP contribution is -2.34. The SMILES string of the molecule is CCCOc1ccc(O[C@H]2CCCC[C@@H]2O)cc1. The van der Waals surface area contributed by atoms with Gasteiger partial charge in [-0.2, -0.15) is 0 Å². The second-order valence-electron chi connectivity index (χ2n) is 4.83. The summed E-state index contributed by atoms with van der Waals surface area (Å²) in [5.74, 6) is 1.68. The van der Waals surface area contributed by atoms with Crippen molar-refractivity contribution < 1.29 is 14.6 Å². The summed E-state index contributed by atoms with van der Waals surface area (Å²) in [5, 5.41) is 9.85.